The Bertz CT molecular complexity index is 495. The van der Waals surface area contributed by atoms with Gasteiger partial charge in [0.05, 0.1) is 0 Å². The highest BCUT2D eigenvalue weighted by Gasteiger charge is 2.36. The van der Waals surface area contributed by atoms with Gasteiger partial charge in [-0.25, -0.2) is 0 Å². The first-order valence-electron chi connectivity index (χ1n) is 6.06. The lowest BCUT2D eigenvalue weighted by Crippen LogP contribution is -2.27. The summed E-state index contributed by atoms with van der Waals surface area (Å²) in [6.07, 6.45) is 2.79. The summed E-state index contributed by atoms with van der Waals surface area (Å²) >= 11 is 1.58. The van der Waals surface area contributed by atoms with Gasteiger partial charge in [0.15, 0.2) is 5.78 Å². The van der Waals surface area contributed by atoms with Crippen LogP contribution in [0.15, 0.2) is 41.5 Å². The molecule has 0 amide bonds. The number of allylic oxidation sites excluding steroid dienone is 3. The Labute approximate surface area is 112 Å². The molecule has 0 fully saturated rings. The number of carbonyl (C=O) groups excluding carboxylic acids is 1. The van der Waals surface area contributed by atoms with E-state index in [1.807, 2.05) is 31.4 Å². The molecule has 3 heteroatoms. The first kappa shape index (κ1) is 13.1. The molecule has 96 valence electrons. The topological polar surface area (TPSA) is 37.3 Å². The first-order valence-corrected chi connectivity index (χ1v) is 6.94. The summed E-state index contributed by atoms with van der Waals surface area (Å²) in [5.41, 5.74) is 0.387. The maximum absolute atomic E-state index is 12.3. The second-order valence-electron chi connectivity index (χ2n) is 5.53. The summed E-state index contributed by atoms with van der Waals surface area (Å²) in [6, 6.07) is 3.93. The average Bonchev–Trinajstić information content (AvgIpc) is 2.74. The van der Waals surface area contributed by atoms with E-state index < -0.39 is 0 Å². The van der Waals surface area contributed by atoms with Gasteiger partial charge >= 0.3 is 0 Å². The normalized spacial score (nSPS) is 20.9. The smallest absolute Gasteiger partial charge is 0.163 e. The molecule has 1 unspecified atom stereocenters. The van der Waals surface area contributed by atoms with Gasteiger partial charge in [0.2, 0.25) is 0 Å². The van der Waals surface area contributed by atoms with Crippen molar-refractivity contribution in [1.82, 2.24) is 0 Å². The van der Waals surface area contributed by atoms with Gasteiger partial charge in [-0.2, -0.15) is 0 Å². The van der Waals surface area contributed by atoms with Gasteiger partial charge in [-0.15, -0.1) is 17.9 Å². The van der Waals surface area contributed by atoms with Gasteiger partial charge in [-0.05, 0) is 16.9 Å². The Morgan fingerprint density at radius 2 is 2.22 bits per heavy atom. The molecule has 1 aliphatic carbocycles. The number of Topliss-reactive ketones (excluding diaryl/α,β-unsaturated/α-hetero) is 1. The lowest BCUT2D eigenvalue weighted by molar-refractivity contribution is -0.118. The summed E-state index contributed by atoms with van der Waals surface area (Å²) < 4.78 is 0. The summed E-state index contributed by atoms with van der Waals surface area (Å²) in [6.45, 7) is 7.82. The predicted octanol–water partition coefficient (Wildman–Crippen LogP) is 4.22. The number of ketones is 1. The van der Waals surface area contributed by atoms with Crippen LogP contribution in [0.25, 0.3) is 0 Å². The lowest BCUT2D eigenvalue weighted by Gasteiger charge is -2.31. The molecule has 0 saturated carbocycles. The molecule has 0 radical (unpaired) electrons. The van der Waals surface area contributed by atoms with Crippen molar-refractivity contribution in [2.75, 3.05) is 0 Å². The standard InChI is InChI=1S/C15H18O2S/c1-4-10(13-6-5-7-18-13)14-11(16)8-15(2,3)9-12(14)17/h4-7,10,16H,1,8-9H2,2-3H3. The summed E-state index contributed by atoms with van der Waals surface area (Å²) in [5.74, 6) is 0.102. The third kappa shape index (κ3) is 2.41. The van der Waals surface area contributed by atoms with Crippen molar-refractivity contribution < 1.29 is 9.90 Å². The van der Waals surface area contributed by atoms with E-state index >= 15 is 0 Å². The molecule has 0 aliphatic heterocycles. The van der Waals surface area contributed by atoms with Crippen LogP contribution in [-0.2, 0) is 4.79 Å². The van der Waals surface area contributed by atoms with Crippen LogP contribution in [0.1, 0.15) is 37.5 Å². The van der Waals surface area contributed by atoms with E-state index in [2.05, 4.69) is 6.58 Å². The van der Waals surface area contributed by atoms with E-state index in [9.17, 15) is 9.90 Å². The number of hydrogen-bond acceptors (Lipinski definition) is 3. The van der Waals surface area contributed by atoms with Gasteiger partial charge in [0, 0.05) is 29.2 Å². The fraction of sp³-hybridized carbons (Fsp3) is 0.400. The number of aliphatic hydroxyl groups excluding tert-OH is 1. The number of rotatable bonds is 3. The lowest BCUT2D eigenvalue weighted by atomic mass is 9.73. The van der Waals surface area contributed by atoms with Crippen molar-refractivity contribution in [3.63, 3.8) is 0 Å². The molecule has 0 spiro atoms. The quantitative estimate of drug-likeness (QED) is 0.828. The third-order valence-electron chi connectivity index (χ3n) is 3.29. The zero-order valence-corrected chi connectivity index (χ0v) is 11.6. The minimum absolute atomic E-state index is 0.0436. The van der Waals surface area contributed by atoms with Crippen molar-refractivity contribution in [2.24, 2.45) is 5.41 Å². The highest BCUT2D eigenvalue weighted by atomic mass is 32.1. The van der Waals surface area contributed by atoms with Crippen LogP contribution in [0.3, 0.4) is 0 Å². The van der Waals surface area contributed by atoms with Crippen LogP contribution in [-0.4, -0.2) is 10.9 Å². The molecule has 0 bridgehead atoms. The SMILES string of the molecule is C=CC(C1=C(O)CC(C)(C)CC1=O)c1cccs1. The number of aliphatic hydroxyl groups is 1. The monoisotopic (exact) mass is 262 g/mol. The minimum atomic E-state index is -0.173. The summed E-state index contributed by atoms with van der Waals surface area (Å²) in [4.78, 5) is 13.3. The molecule has 1 aromatic heterocycles. The molecule has 0 aromatic carbocycles. The molecular weight excluding hydrogens is 244 g/mol. The Morgan fingerprint density at radius 3 is 2.72 bits per heavy atom. The molecule has 1 heterocycles. The second kappa shape index (κ2) is 4.73. The van der Waals surface area contributed by atoms with Crippen LogP contribution in [0.2, 0.25) is 0 Å². The summed E-state index contributed by atoms with van der Waals surface area (Å²) in [7, 11) is 0. The van der Waals surface area contributed by atoms with Crippen molar-refractivity contribution >= 4 is 17.1 Å². The zero-order chi connectivity index (χ0) is 13.3. The number of hydrogen-bond donors (Lipinski definition) is 1. The molecule has 2 rings (SSSR count). The van der Waals surface area contributed by atoms with Crippen molar-refractivity contribution in [3.05, 3.63) is 46.4 Å². The van der Waals surface area contributed by atoms with Crippen LogP contribution < -0.4 is 0 Å². The van der Waals surface area contributed by atoms with Gasteiger partial charge in [-0.3, -0.25) is 4.79 Å². The molecule has 1 aromatic rings. The van der Waals surface area contributed by atoms with Gasteiger partial charge < -0.3 is 5.11 Å². The van der Waals surface area contributed by atoms with Crippen molar-refractivity contribution in [3.8, 4) is 0 Å². The fourth-order valence-electron chi connectivity index (χ4n) is 2.50. The Morgan fingerprint density at radius 1 is 1.50 bits per heavy atom. The minimum Gasteiger partial charge on any atom is -0.512 e. The maximum Gasteiger partial charge on any atom is 0.163 e. The molecule has 2 nitrogen and oxygen atoms in total. The molecule has 18 heavy (non-hydrogen) atoms. The number of carbonyl (C=O) groups is 1. The summed E-state index contributed by atoms with van der Waals surface area (Å²) in [5, 5.41) is 12.2. The van der Waals surface area contributed by atoms with Crippen molar-refractivity contribution in [1.29, 1.82) is 0 Å². The van der Waals surface area contributed by atoms with E-state index in [-0.39, 0.29) is 22.9 Å². The van der Waals surface area contributed by atoms with E-state index in [4.69, 9.17) is 0 Å². The molecule has 1 N–H and O–H groups in total. The maximum atomic E-state index is 12.3. The van der Waals surface area contributed by atoms with E-state index in [1.54, 1.807) is 17.4 Å². The van der Waals surface area contributed by atoms with Gasteiger partial charge in [0.25, 0.3) is 0 Å². The highest BCUT2D eigenvalue weighted by molar-refractivity contribution is 7.10. The molecule has 1 aliphatic rings. The molecule has 1 atom stereocenters. The molecular formula is C15H18O2S. The van der Waals surface area contributed by atoms with E-state index in [1.165, 1.54) is 0 Å². The highest BCUT2D eigenvalue weighted by Crippen LogP contribution is 2.41. The van der Waals surface area contributed by atoms with Crippen LogP contribution in [0, 0.1) is 5.41 Å². The van der Waals surface area contributed by atoms with E-state index in [0.717, 1.165) is 4.88 Å². The predicted molar refractivity (Wildman–Crippen MR) is 74.9 cm³/mol. The Balaban J connectivity index is 2.42. The number of thiophene rings is 1. The second-order valence-corrected chi connectivity index (χ2v) is 6.51. The van der Waals surface area contributed by atoms with Crippen LogP contribution in [0.5, 0.6) is 0 Å². The van der Waals surface area contributed by atoms with Crippen LogP contribution in [0.4, 0.5) is 0 Å². The Hall–Kier alpha value is -1.35. The largest absolute Gasteiger partial charge is 0.512 e. The van der Waals surface area contributed by atoms with Gasteiger partial charge in [0.1, 0.15) is 5.76 Å². The van der Waals surface area contributed by atoms with Gasteiger partial charge in [-0.1, -0.05) is 26.0 Å². The fourth-order valence-corrected chi connectivity index (χ4v) is 3.33. The first-order chi connectivity index (χ1) is 8.44. The van der Waals surface area contributed by atoms with E-state index in [0.29, 0.717) is 18.4 Å². The zero-order valence-electron chi connectivity index (χ0n) is 10.8. The average molecular weight is 262 g/mol. The third-order valence-corrected chi connectivity index (χ3v) is 4.25. The Kier molecular flexibility index (Phi) is 3.44. The van der Waals surface area contributed by atoms with Crippen molar-refractivity contribution in [2.45, 2.75) is 32.6 Å². The van der Waals surface area contributed by atoms with Crippen LogP contribution >= 0.6 is 11.3 Å². The molecule has 0 saturated heterocycles.